The van der Waals surface area contributed by atoms with Crippen molar-refractivity contribution in [1.29, 1.82) is 0 Å². The lowest BCUT2D eigenvalue weighted by Crippen LogP contribution is -2.38. The van der Waals surface area contributed by atoms with Gasteiger partial charge in [-0.05, 0) is 38.5 Å². The molecule has 0 rings (SSSR count). The van der Waals surface area contributed by atoms with Gasteiger partial charge in [-0.1, -0.05) is 167 Å². The molecule has 0 heterocycles. The van der Waals surface area contributed by atoms with Crippen molar-refractivity contribution in [2.75, 3.05) is 19.8 Å². The summed E-state index contributed by atoms with van der Waals surface area (Å²) in [5, 5.41) is 12.3. The Kier molecular flexibility index (Phi) is 35.6. The van der Waals surface area contributed by atoms with E-state index in [2.05, 4.69) is 31.3 Å². The van der Waals surface area contributed by atoms with Crippen LogP contribution in [0.25, 0.3) is 0 Å². The minimum atomic E-state index is 0.0356. The Balaban J connectivity index is 3.72. The van der Waals surface area contributed by atoms with Gasteiger partial charge in [0.25, 0.3) is 0 Å². The van der Waals surface area contributed by atoms with Crippen molar-refractivity contribution in [2.24, 2.45) is 0 Å². The highest BCUT2D eigenvalue weighted by atomic mass is 16.5. The fourth-order valence-corrected chi connectivity index (χ4v) is 5.73. The fourth-order valence-electron chi connectivity index (χ4n) is 5.73. The summed E-state index contributed by atoms with van der Waals surface area (Å²) in [5.74, 6) is 0.167. The molecule has 4 heteroatoms. The van der Waals surface area contributed by atoms with E-state index in [1.165, 1.54) is 154 Å². The lowest BCUT2D eigenvalue weighted by Gasteiger charge is -2.19. The van der Waals surface area contributed by atoms with Gasteiger partial charge in [-0.25, -0.2) is 0 Å². The maximum atomic E-state index is 12.5. The molecular weight excluding hydrogens is 518 g/mol. The number of nitrogens with one attached hydrogen (secondary N) is 1. The molecule has 42 heavy (non-hydrogen) atoms. The first kappa shape index (κ1) is 41.1. The van der Waals surface area contributed by atoms with Gasteiger partial charge in [0.1, 0.15) is 0 Å². The smallest absolute Gasteiger partial charge is 0.220 e. The van der Waals surface area contributed by atoms with E-state index in [4.69, 9.17) is 9.84 Å². The number of carbonyl (C=O) groups is 1. The molecule has 1 amide bonds. The van der Waals surface area contributed by atoms with Crippen LogP contribution in [0.3, 0.4) is 0 Å². The number of aliphatic hydroxyl groups excluding tert-OH is 1. The molecule has 0 fully saturated rings. The molecule has 0 aromatic rings. The number of rotatable bonds is 35. The van der Waals surface area contributed by atoms with Crippen molar-refractivity contribution in [3.63, 3.8) is 0 Å². The fraction of sp³-hybridized carbons (Fsp3) is 0.921. The van der Waals surface area contributed by atoms with E-state index in [0.29, 0.717) is 19.6 Å². The van der Waals surface area contributed by atoms with Gasteiger partial charge < -0.3 is 15.2 Å². The molecule has 0 aliphatic carbocycles. The first-order valence-corrected chi connectivity index (χ1v) is 18.9. The van der Waals surface area contributed by atoms with Crippen molar-refractivity contribution in [3.8, 4) is 0 Å². The summed E-state index contributed by atoms with van der Waals surface area (Å²) < 4.78 is 5.58. The lowest BCUT2D eigenvalue weighted by molar-refractivity contribution is -0.122. The first-order valence-electron chi connectivity index (χ1n) is 18.9. The highest BCUT2D eigenvalue weighted by Crippen LogP contribution is 2.14. The van der Waals surface area contributed by atoms with Crippen LogP contribution in [0.1, 0.15) is 200 Å². The Hall–Kier alpha value is -0.870. The second-order valence-corrected chi connectivity index (χ2v) is 12.8. The standard InChI is InChI=1S/C38H75NO3/c1-3-5-7-9-11-13-15-17-18-19-21-22-24-26-28-30-32-37(36-42-35-34-40)39-38(41)33-31-29-27-25-23-20-16-14-12-10-8-6-4-2/h17-18,37,40H,3-16,19-36H2,1-2H3,(H,39,41)/b18-17-. The van der Waals surface area contributed by atoms with E-state index in [0.717, 1.165) is 25.7 Å². The third-order valence-electron chi connectivity index (χ3n) is 8.49. The number of ether oxygens (including phenoxy) is 1. The van der Waals surface area contributed by atoms with Gasteiger partial charge in [0.15, 0.2) is 0 Å². The maximum absolute atomic E-state index is 12.5. The molecule has 2 N–H and O–H groups in total. The van der Waals surface area contributed by atoms with Crippen LogP contribution in [0, 0.1) is 0 Å². The number of amides is 1. The average molecular weight is 594 g/mol. The zero-order chi connectivity index (χ0) is 30.6. The van der Waals surface area contributed by atoms with Crippen molar-refractivity contribution in [3.05, 3.63) is 12.2 Å². The van der Waals surface area contributed by atoms with Crippen LogP contribution in [-0.2, 0) is 9.53 Å². The van der Waals surface area contributed by atoms with Crippen LogP contribution in [0.2, 0.25) is 0 Å². The molecule has 0 saturated carbocycles. The summed E-state index contributed by atoms with van der Waals surface area (Å²) in [6.45, 7) is 5.45. The molecule has 0 radical (unpaired) electrons. The third-order valence-corrected chi connectivity index (χ3v) is 8.49. The normalized spacial score (nSPS) is 12.4. The number of hydrogen-bond donors (Lipinski definition) is 2. The molecule has 1 atom stereocenters. The minimum absolute atomic E-state index is 0.0356. The second-order valence-electron chi connectivity index (χ2n) is 12.8. The summed E-state index contributed by atoms with van der Waals surface area (Å²) in [6.07, 6.45) is 41.9. The van der Waals surface area contributed by atoms with Crippen molar-refractivity contribution in [2.45, 2.75) is 206 Å². The summed E-state index contributed by atoms with van der Waals surface area (Å²) in [4.78, 5) is 12.5. The summed E-state index contributed by atoms with van der Waals surface area (Å²) in [6, 6.07) is 0.0720. The second kappa shape index (κ2) is 36.3. The molecule has 250 valence electrons. The van der Waals surface area contributed by atoms with Gasteiger partial charge >= 0.3 is 0 Å². The molecule has 0 spiro atoms. The van der Waals surface area contributed by atoms with Gasteiger partial charge in [0.05, 0.1) is 25.9 Å². The summed E-state index contributed by atoms with van der Waals surface area (Å²) in [5.41, 5.74) is 0. The predicted molar refractivity (Wildman–Crippen MR) is 184 cm³/mol. The zero-order valence-electron chi connectivity index (χ0n) is 28.6. The van der Waals surface area contributed by atoms with Crippen molar-refractivity contribution in [1.82, 2.24) is 5.32 Å². The highest BCUT2D eigenvalue weighted by Gasteiger charge is 2.12. The topological polar surface area (TPSA) is 58.6 Å². The first-order chi connectivity index (χ1) is 20.7. The van der Waals surface area contributed by atoms with Crippen LogP contribution in [0.5, 0.6) is 0 Å². The molecule has 0 aromatic carbocycles. The minimum Gasteiger partial charge on any atom is -0.394 e. The van der Waals surface area contributed by atoms with Gasteiger partial charge in [-0.2, -0.15) is 0 Å². The Bertz CT molecular complexity index is 550. The summed E-state index contributed by atoms with van der Waals surface area (Å²) in [7, 11) is 0. The molecule has 0 bridgehead atoms. The predicted octanol–water partition coefficient (Wildman–Crippen LogP) is 11.4. The van der Waals surface area contributed by atoms with Crippen molar-refractivity contribution >= 4 is 5.91 Å². The van der Waals surface area contributed by atoms with E-state index < -0.39 is 0 Å². The van der Waals surface area contributed by atoms with E-state index in [1.807, 2.05) is 0 Å². The molecule has 0 aliphatic heterocycles. The van der Waals surface area contributed by atoms with E-state index in [1.54, 1.807) is 0 Å². The van der Waals surface area contributed by atoms with E-state index >= 15 is 0 Å². The molecule has 1 unspecified atom stereocenters. The summed E-state index contributed by atoms with van der Waals surface area (Å²) >= 11 is 0. The maximum Gasteiger partial charge on any atom is 0.220 e. The lowest BCUT2D eigenvalue weighted by atomic mass is 10.0. The largest absolute Gasteiger partial charge is 0.394 e. The molecule has 0 saturated heterocycles. The van der Waals surface area contributed by atoms with Gasteiger partial charge in [0.2, 0.25) is 5.91 Å². The van der Waals surface area contributed by atoms with Crippen LogP contribution in [0.15, 0.2) is 12.2 Å². The number of hydrogen-bond acceptors (Lipinski definition) is 3. The van der Waals surface area contributed by atoms with Crippen LogP contribution in [-0.4, -0.2) is 36.9 Å². The molecular formula is C38H75NO3. The molecule has 0 aromatic heterocycles. The van der Waals surface area contributed by atoms with Crippen LogP contribution in [0.4, 0.5) is 0 Å². The Morgan fingerprint density at radius 3 is 1.45 bits per heavy atom. The van der Waals surface area contributed by atoms with Crippen LogP contribution < -0.4 is 5.32 Å². The Morgan fingerprint density at radius 2 is 1.00 bits per heavy atom. The monoisotopic (exact) mass is 594 g/mol. The molecule has 4 nitrogen and oxygen atoms in total. The van der Waals surface area contributed by atoms with Crippen molar-refractivity contribution < 1.29 is 14.6 Å². The van der Waals surface area contributed by atoms with Gasteiger partial charge in [0, 0.05) is 6.42 Å². The Morgan fingerprint density at radius 1 is 0.595 bits per heavy atom. The SMILES string of the molecule is CCCCCCCC/C=C\CCCCCCCCC(COCCO)NC(=O)CCCCCCCCCCCCCCC. The number of aliphatic hydroxyl groups is 1. The quantitative estimate of drug-likeness (QED) is 0.0567. The highest BCUT2D eigenvalue weighted by molar-refractivity contribution is 5.76. The van der Waals surface area contributed by atoms with E-state index in [-0.39, 0.29) is 18.6 Å². The van der Waals surface area contributed by atoms with Gasteiger partial charge in [-0.15, -0.1) is 0 Å². The zero-order valence-corrected chi connectivity index (χ0v) is 28.6. The van der Waals surface area contributed by atoms with Crippen LogP contribution >= 0.6 is 0 Å². The van der Waals surface area contributed by atoms with E-state index in [9.17, 15) is 4.79 Å². The number of allylic oxidation sites excluding steroid dienone is 2. The average Bonchev–Trinajstić information content (AvgIpc) is 2.99. The Labute approximate surface area is 263 Å². The third kappa shape index (κ3) is 33.6. The molecule has 0 aliphatic rings. The van der Waals surface area contributed by atoms with Gasteiger partial charge in [-0.3, -0.25) is 4.79 Å². The number of carbonyl (C=O) groups excluding carboxylic acids is 1. The number of unbranched alkanes of at least 4 members (excludes halogenated alkanes) is 24.